The van der Waals surface area contributed by atoms with Gasteiger partial charge < -0.3 is 5.11 Å². The van der Waals surface area contributed by atoms with Crippen LogP contribution in [0.3, 0.4) is 0 Å². The monoisotopic (exact) mass is 221 g/mol. The normalized spacial score (nSPS) is 18.5. The van der Waals surface area contributed by atoms with Gasteiger partial charge in [0.25, 0.3) is 0 Å². The fourth-order valence-electron chi connectivity index (χ4n) is 1.41. The number of rotatable bonds is 6. The van der Waals surface area contributed by atoms with E-state index in [2.05, 4.69) is 4.72 Å². The SMILES string of the molecule is CCC(CC)(CO)NS(=O)(=O)C1CC1. The average molecular weight is 221 g/mol. The molecule has 0 aromatic rings. The summed E-state index contributed by atoms with van der Waals surface area (Å²) in [4.78, 5) is 0. The highest BCUT2D eigenvalue weighted by atomic mass is 32.2. The summed E-state index contributed by atoms with van der Waals surface area (Å²) in [6.07, 6.45) is 2.74. The lowest BCUT2D eigenvalue weighted by Gasteiger charge is -2.30. The van der Waals surface area contributed by atoms with E-state index in [1.54, 1.807) is 0 Å². The van der Waals surface area contributed by atoms with Crippen LogP contribution in [0.15, 0.2) is 0 Å². The van der Waals surface area contributed by atoms with Crippen molar-refractivity contribution >= 4 is 10.0 Å². The van der Waals surface area contributed by atoms with Crippen LogP contribution in [0.25, 0.3) is 0 Å². The second-order valence-corrected chi connectivity index (χ2v) is 5.95. The van der Waals surface area contributed by atoms with Gasteiger partial charge in [0.05, 0.1) is 17.4 Å². The molecular formula is C9H19NO3S. The average Bonchev–Trinajstić information content (AvgIpc) is 2.97. The van der Waals surface area contributed by atoms with Crippen molar-refractivity contribution < 1.29 is 13.5 Å². The summed E-state index contributed by atoms with van der Waals surface area (Å²) in [5, 5.41) is 9.00. The Morgan fingerprint density at radius 2 is 1.86 bits per heavy atom. The largest absolute Gasteiger partial charge is 0.394 e. The summed E-state index contributed by atoms with van der Waals surface area (Å²) < 4.78 is 26.0. The highest BCUT2D eigenvalue weighted by Gasteiger charge is 2.40. The lowest BCUT2D eigenvalue weighted by Crippen LogP contribution is -2.51. The summed E-state index contributed by atoms with van der Waals surface area (Å²) in [6.45, 7) is 3.64. The minimum Gasteiger partial charge on any atom is -0.394 e. The van der Waals surface area contributed by atoms with Crippen molar-refractivity contribution in [3.63, 3.8) is 0 Å². The maximum Gasteiger partial charge on any atom is 0.215 e. The van der Waals surface area contributed by atoms with Gasteiger partial charge in [0.2, 0.25) is 10.0 Å². The predicted octanol–water partition coefficient (Wildman–Crippen LogP) is 0.619. The van der Waals surface area contributed by atoms with Gasteiger partial charge in [0, 0.05) is 0 Å². The van der Waals surface area contributed by atoms with E-state index in [0.29, 0.717) is 12.8 Å². The number of aliphatic hydroxyl groups excluding tert-OH is 1. The molecule has 1 aliphatic carbocycles. The summed E-state index contributed by atoms with van der Waals surface area (Å²) in [5.74, 6) is 0. The molecule has 0 unspecified atom stereocenters. The highest BCUT2D eigenvalue weighted by Crippen LogP contribution is 2.29. The summed E-state index contributed by atoms with van der Waals surface area (Å²) in [6, 6.07) is 0. The van der Waals surface area contributed by atoms with Gasteiger partial charge in [0.15, 0.2) is 0 Å². The first-order chi connectivity index (χ1) is 6.49. The van der Waals surface area contributed by atoms with Crippen molar-refractivity contribution in [2.24, 2.45) is 0 Å². The molecule has 0 aromatic heterocycles. The molecule has 0 radical (unpaired) electrons. The maximum absolute atomic E-state index is 11.7. The third kappa shape index (κ3) is 2.46. The third-order valence-electron chi connectivity index (χ3n) is 2.98. The van der Waals surface area contributed by atoms with Crippen LogP contribution < -0.4 is 4.72 Å². The predicted molar refractivity (Wildman–Crippen MR) is 55.5 cm³/mol. The molecule has 84 valence electrons. The lowest BCUT2D eigenvalue weighted by atomic mass is 9.96. The Balaban J connectivity index is 2.72. The molecule has 1 aliphatic rings. The molecule has 0 heterocycles. The molecule has 0 bridgehead atoms. The topological polar surface area (TPSA) is 66.4 Å². The van der Waals surface area contributed by atoms with Crippen molar-refractivity contribution in [1.82, 2.24) is 4.72 Å². The van der Waals surface area contributed by atoms with Crippen molar-refractivity contribution in [2.75, 3.05) is 6.61 Å². The van der Waals surface area contributed by atoms with Crippen LogP contribution in [0.2, 0.25) is 0 Å². The van der Waals surface area contributed by atoms with E-state index in [1.165, 1.54) is 0 Å². The van der Waals surface area contributed by atoms with Crippen LogP contribution in [-0.4, -0.2) is 30.9 Å². The number of sulfonamides is 1. The molecule has 0 atom stereocenters. The van der Waals surface area contributed by atoms with E-state index in [0.717, 1.165) is 12.8 Å². The van der Waals surface area contributed by atoms with Gasteiger partial charge in [-0.3, -0.25) is 0 Å². The number of hydrogen-bond acceptors (Lipinski definition) is 3. The molecule has 5 heteroatoms. The fourth-order valence-corrected chi connectivity index (χ4v) is 3.29. The van der Waals surface area contributed by atoms with Crippen LogP contribution in [0.5, 0.6) is 0 Å². The Morgan fingerprint density at radius 1 is 1.36 bits per heavy atom. The van der Waals surface area contributed by atoms with Crippen LogP contribution in [-0.2, 0) is 10.0 Å². The highest BCUT2D eigenvalue weighted by molar-refractivity contribution is 7.90. The third-order valence-corrected chi connectivity index (χ3v) is 5.04. The van der Waals surface area contributed by atoms with E-state index in [4.69, 9.17) is 0 Å². The van der Waals surface area contributed by atoms with E-state index in [-0.39, 0.29) is 11.9 Å². The molecule has 14 heavy (non-hydrogen) atoms. The Morgan fingerprint density at radius 3 is 2.14 bits per heavy atom. The van der Waals surface area contributed by atoms with Gasteiger partial charge >= 0.3 is 0 Å². The number of nitrogens with one attached hydrogen (secondary N) is 1. The molecular weight excluding hydrogens is 202 g/mol. The quantitative estimate of drug-likeness (QED) is 0.691. The number of hydrogen-bond donors (Lipinski definition) is 2. The van der Waals surface area contributed by atoms with Gasteiger partial charge in [-0.05, 0) is 25.7 Å². The van der Waals surface area contributed by atoms with Crippen LogP contribution >= 0.6 is 0 Å². The molecule has 0 aromatic carbocycles. The van der Waals surface area contributed by atoms with Gasteiger partial charge in [-0.25, -0.2) is 13.1 Å². The first-order valence-electron chi connectivity index (χ1n) is 5.13. The summed E-state index contributed by atoms with van der Waals surface area (Å²) in [5.41, 5.74) is -0.651. The fraction of sp³-hybridized carbons (Fsp3) is 1.00. The van der Waals surface area contributed by atoms with E-state index in [1.807, 2.05) is 13.8 Å². The standard InChI is InChI=1S/C9H19NO3S/c1-3-9(4-2,7-11)10-14(12,13)8-5-6-8/h8,10-11H,3-7H2,1-2H3. The van der Waals surface area contributed by atoms with Gasteiger partial charge in [-0.2, -0.15) is 0 Å². The minimum atomic E-state index is -3.19. The zero-order chi connectivity index (χ0) is 10.8. The number of aliphatic hydroxyl groups is 1. The maximum atomic E-state index is 11.7. The molecule has 1 saturated carbocycles. The van der Waals surface area contributed by atoms with Crippen molar-refractivity contribution in [1.29, 1.82) is 0 Å². The zero-order valence-electron chi connectivity index (χ0n) is 8.78. The molecule has 0 aliphatic heterocycles. The van der Waals surface area contributed by atoms with Crippen molar-refractivity contribution in [2.45, 2.75) is 50.3 Å². The van der Waals surface area contributed by atoms with Gasteiger partial charge in [-0.15, -0.1) is 0 Å². The first kappa shape index (κ1) is 11.9. The van der Waals surface area contributed by atoms with E-state index < -0.39 is 15.6 Å². The lowest BCUT2D eigenvalue weighted by molar-refractivity contribution is 0.172. The molecule has 0 spiro atoms. The zero-order valence-corrected chi connectivity index (χ0v) is 9.60. The minimum absolute atomic E-state index is 0.133. The van der Waals surface area contributed by atoms with Gasteiger partial charge in [-0.1, -0.05) is 13.8 Å². The molecule has 0 saturated heterocycles. The molecule has 4 nitrogen and oxygen atoms in total. The Bertz CT molecular complexity index is 270. The Hall–Kier alpha value is -0.130. The molecule has 1 fully saturated rings. The second kappa shape index (κ2) is 4.16. The summed E-state index contributed by atoms with van der Waals surface area (Å²) in [7, 11) is -3.19. The van der Waals surface area contributed by atoms with Crippen molar-refractivity contribution in [3.05, 3.63) is 0 Å². The smallest absolute Gasteiger partial charge is 0.215 e. The molecule has 1 rings (SSSR count). The van der Waals surface area contributed by atoms with Gasteiger partial charge in [0.1, 0.15) is 0 Å². The van der Waals surface area contributed by atoms with Crippen LogP contribution in [0.4, 0.5) is 0 Å². The summed E-state index contributed by atoms with van der Waals surface area (Å²) >= 11 is 0. The first-order valence-corrected chi connectivity index (χ1v) is 6.68. The van der Waals surface area contributed by atoms with Crippen LogP contribution in [0, 0.1) is 0 Å². The Labute approximate surface area is 85.8 Å². The molecule has 2 N–H and O–H groups in total. The van der Waals surface area contributed by atoms with Crippen molar-refractivity contribution in [3.8, 4) is 0 Å². The van der Waals surface area contributed by atoms with E-state index in [9.17, 15) is 13.5 Å². The second-order valence-electron chi connectivity index (χ2n) is 3.99. The van der Waals surface area contributed by atoms with Crippen LogP contribution in [0.1, 0.15) is 39.5 Å². The molecule has 0 amide bonds. The Kier molecular flexibility index (Phi) is 3.55. The van der Waals surface area contributed by atoms with E-state index >= 15 is 0 Å².